The lowest BCUT2D eigenvalue weighted by atomic mass is 10.1. The molecule has 0 amide bonds. The fourth-order valence-electron chi connectivity index (χ4n) is 2.21. The van der Waals surface area contributed by atoms with Gasteiger partial charge in [-0.2, -0.15) is 0 Å². The Labute approximate surface area is 107 Å². The Morgan fingerprint density at radius 2 is 2.11 bits per heavy atom. The molecule has 0 unspecified atom stereocenters. The van der Waals surface area contributed by atoms with Crippen LogP contribution in [-0.4, -0.2) is 25.2 Å². The highest BCUT2D eigenvalue weighted by Gasteiger charge is 2.16. The molecule has 3 heteroatoms. The largest absolute Gasteiger partial charge is 0.488 e. The molecule has 0 aliphatic carbocycles. The molecule has 2 aromatic rings. The first kappa shape index (κ1) is 11.1. The Kier molecular flexibility index (Phi) is 2.67. The van der Waals surface area contributed by atoms with Crippen molar-refractivity contribution >= 4 is 5.82 Å². The van der Waals surface area contributed by atoms with Gasteiger partial charge in [0.2, 0.25) is 0 Å². The highest BCUT2D eigenvalue weighted by Crippen LogP contribution is 2.32. The van der Waals surface area contributed by atoms with Crippen LogP contribution in [0.1, 0.15) is 5.56 Å². The molecule has 18 heavy (non-hydrogen) atoms. The summed E-state index contributed by atoms with van der Waals surface area (Å²) in [5, 5.41) is 0. The van der Waals surface area contributed by atoms with Gasteiger partial charge in [0, 0.05) is 18.8 Å². The maximum atomic E-state index is 5.68. The van der Waals surface area contributed by atoms with Crippen LogP contribution in [0.2, 0.25) is 0 Å². The third-order valence-corrected chi connectivity index (χ3v) is 3.23. The van der Waals surface area contributed by atoms with E-state index < -0.39 is 0 Å². The Hall–Kier alpha value is -2.03. The van der Waals surface area contributed by atoms with Crippen molar-refractivity contribution in [1.82, 2.24) is 4.98 Å². The number of aryl methyl sites for hydroxylation is 1. The molecule has 0 spiro atoms. The van der Waals surface area contributed by atoms with Gasteiger partial charge in [0.1, 0.15) is 6.61 Å². The molecule has 3 nitrogen and oxygen atoms in total. The average molecular weight is 240 g/mol. The molecule has 1 aromatic heterocycles. The number of nitrogens with zero attached hydrogens (tertiary/aromatic N) is 2. The van der Waals surface area contributed by atoms with E-state index in [4.69, 9.17) is 4.74 Å². The summed E-state index contributed by atoms with van der Waals surface area (Å²) in [7, 11) is 2.04. The van der Waals surface area contributed by atoms with E-state index in [2.05, 4.69) is 47.1 Å². The van der Waals surface area contributed by atoms with Crippen LogP contribution in [0.15, 0.2) is 36.5 Å². The predicted molar refractivity (Wildman–Crippen MR) is 73.2 cm³/mol. The molecule has 0 bridgehead atoms. The zero-order valence-corrected chi connectivity index (χ0v) is 10.7. The third-order valence-electron chi connectivity index (χ3n) is 3.23. The topological polar surface area (TPSA) is 25.4 Å². The van der Waals surface area contributed by atoms with E-state index in [0.717, 1.165) is 30.3 Å². The average Bonchev–Trinajstić information content (AvgIpc) is 2.39. The zero-order valence-electron chi connectivity index (χ0n) is 10.7. The first-order chi connectivity index (χ1) is 8.74. The fourth-order valence-corrected chi connectivity index (χ4v) is 2.21. The summed E-state index contributed by atoms with van der Waals surface area (Å²) in [6, 6.07) is 10.5. The molecule has 1 aliphatic rings. The van der Waals surface area contributed by atoms with Crippen molar-refractivity contribution in [3.05, 3.63) is 42.1 Å². The van der Waals surface area contributed by atoms with E-state index in [9.17, 15) is 0 Å². The lowest BCUT2D eigenvalue weighted by molar-refractivity contribution is 0.309. The lowest BCUT2D eigenvalue weighted by Crippen LogP contribution is -2.29. The smallest absolute Gasteiger partial charge is 0.171 e. The van der Waals surface area contributed by atoms with Crippen molar-refractivity contribution in [2.45, 2.75) is 6.92 Å². The molecule has 1 aliphatic heterocycles. The van der Waals surface area contributed by atoms with Gasteiger partial charge < -0.3 is 9.64 Å². The molecule has 0 N–H and O–H groups in total. The molecule has 0 atom stereocenters. The SMILES string of the molecule is Cc1cccc(-c2cnc3c(c2)OCCN3C)c1. The summed E-state index contributed by atoms with van der Waals surface area (Å²) in [5.41, 5.74) is 3.54. The van der Waals surface area contributed by atoms with Crippen molar-refractivity contribution < 1.29 is 4.74 Å². The second-order valence-corrected chi connectivity index (χ2v) is 4.69. The van der Waals surface area contributed by atoms with Crippen molar-refractivity contribution in [3.63, 3.8) is 0 Å². The number of aromatic nitrogens is 1. The number of benzene rings is 1. The maximum Gasteiger partial charge on any atom is 0.171 e. The first-order valence-electron chi connectivity index (χ1n) is 6.15. The van der Waals surface area contributed by atoms with E-state index in [-0.39, 0.29) is 0 Å². The molecule has 0 saturated carbocycles. The van der Waals surface area contributed by atoms with Crippen LogP contribution in [0, 0.1) is 6.92 Å². The molecular weight excluding hydrogens is 224 g/mol. The standard InChI is InChI=1S/C15H16N2O/c1-11-4-3-5-12(8-11)13-9-14-15(16-10-13)17(2)6-7-18-14/h3-5,8-10H,6-7H2,1-2H3. The van der Waals surface area contributed by atoms with Crippen LogP contribution >= 0.6 is 0 Å². The van der Waals surface area contributed by atoms with E-state index in [1.54, 1.807) is 0 Å². The second kappa shape index (κ2) is 4.33. The minimum atomic E-state index is 0.725. The van der Waals surface area contributed by atoms with Gasteiger partial charge in [-0.1, -0.05) is 29.8 Å². The minimum Gasteiger partial charge on any atom is -0.488 e. The van der Waals surface area contributed by atoms with Gasteiger partial charge in [-0.25, -0.2) is 4.98 Å². The number of rotatable bonds is 1. The van der Waals surface area contributed by atoms with Gasteiger partial charge in [0.05, 0.1) is 6.54 Å². The van der Waals surface area contributed by atoms with Crippen molar-refractivity contribution in [1.29, 1.82) is 0 Å². The van der Waals surface area contributed by atoms with Gasteiger partial charge in [-0.3, -0.25) is 0 Å². The Morgan fingerprint density at radius 1 is 1.22 bits per heavy atom. The van der Waals surface area contributed by atoms with Gasteiger partial charge in [0.15, 0.2) is 11.6 Å². The van der Waals surface area contributed by atoms with Crippen LogP contribution < -0.4 is 9.64 Å². The minimum absolute atomic E-state index is 0.725. The molecule has 92 valence electrons. The number of likely N-dealkylation sites (N-methyl/N-ethyl adjacent to an activating group) is 1. The number of hydrogen-bond acceptors (Lipinski definition) is 3. The van der Waals surface area contributed by atoms with Crippen molar-refractivity contribution in [2.75, 3.05) is 25.1 Å². The highest BCUT2D eigenvalue weighted by molar-refractivity contribution is 5.68. The first-order valence-corrected chi connectivity index (χ1v) is 6.15. The monoisotopic (exact) mass is 240 g/mol. The predicted octanol–water partition coefficient (Wildman–Crippen LogP) is 2.89. The molecule has 1 aromatic carbocycles. The quantitative estimate of drug-likeness (QED) is 0.766. The van der Waals surface area contributed by atoms with Crippen LogP contribution in [0.25, 0.3) is 11.1 Å². The number of fused-ring (bicyclic) bond motifs is 1. The van der Waals surface area contributed by atoms with Crippen molar-refractivity contribution in [3.8, 4) is 16.9 Å². The van der Waals surface area contributed by atoms with Crippen LogP contribution in [0.3, 0.4) is 0 Å². The Morgan fingerprint density at radius 3 is 2.94 bits per heavy atom. The van der Waals surface area contributed by atoms with Gasteiger partial charge >= 0.3 is 0 Å². The summed E-state index contributed by atoms with van der Waals surface area (Å²) in [4.78, 5) is 6.63. The summed E-state index contributed by atoms with van der Waals surface area (Å²) in [6.07, 6.45) is 1.92. The number of hydrogen-bond donors (Lipinski definition) is 0. The summed E-state index contributed by atoms with van der Waals surface area (Å²) in [6.45, 7) is 3.71. The second-order valence-electron chi connectivity index (χ2n) is 4.69. The molecule has 0 fully saturated rings. The zero-order chi connectivity index (χ0) is 12.5. The van der Waals surface area contributed by atoms with Gasteiger partial charge in [-0.05, 0) is 18.6 Å². The number of ether oxygens (including phenoxy) is 1. The van der Waals surface area contributed by atoms with E-state index in [1.165, 1.54) is 11.1 Å². The van der Waals surface area contributed by atoms with Gasteiger partial charge in [-0.15, -0.1) is 0 Å². The third kappa shape index (κ3) is 1.92. The summed E-state index contributed by atoms with van der Waals surface area (Å²) < 4.78 is 5.68. The highest BCUT2D eigenvalue weighted by atomic mass is 16.5. The molecule has 3 rings (SSSR count). The fraction of sp³-hybridized carbons (Fsp3) is 0.267. The van der Waals surface area contributed by atoms with Crippen LogP contribution in [0.4, 0.5) is 5.82 Å². The molecule has 0 radical (unpaired) electrons. The Balaban J connectivity index is 2.04. The van der Waals surface area contributed by atoms with E-state index >= 15 is 0 Å². The Bertz CT molecular complexity index is 580. The summed E-state index contributed by atoms with van der Waals surface area (Å²) >= 11 is 0. The molecular formula is C15H16N2O. The van der Waals surface area contributed by atoms with E-state index in [0.29, 0.717) is 0 Å². The lowest BCUT2D eigenvalue weighted by Gasteiger charge is -2.26. The maximum absolute atomic E-state index is 5.68. The van der Waals surface area contributed by atoms with E-state index in [1.807, 2.05) is 13.2 Å². The molecule has 0 saturated heterocycles. The van der Waals surface area contributed by atoms with Crippen LogP contribution in [0.5, 0.6) is 5.75 Å². The number of pyridine rings is 1. The van der Waals surface area contributed by atoms with Crippen LogP contribution in [-0.2, 0) is 0 Å². The van der Waals surface area contributed by atoms with Crippen molar-refractivity contribution in [2.24, 2.45) is 0 Å². The molecule has 2 heterocycles. The van der Waals surface area contributed by atoms with Gasteiger partial charge in [0.25, 0.3) is 0 Å². The summed E-state index contributed by atoms with van der Waals surface area (Å²) in [5.74, 6) is 1.81. The number of anilines is 1. The normalized spacial score (nSPS) is 14.0.